The van der Waals surface area contributed by atoms with Gasteiger partial charge in [-0.05, 0) is 26.0 Å². The summed E-state index contributed by atoms with van der Waals surface area (Å²) in [6.45, 7) is 2.56. The van der Waals surface area contributed by atoms with E-state index in [-0.39, 0.29) is 16.2 Å². The van der Waals surface area contributed by atoms with Gasteiger partial charge in [-0.3, -0.25) is 9.59 Å². The van der Waals surface area contributed by atoms with E-state index in [1.165, 1.54) is 19.1 Å². The fraction of sp³-hybridized carbons (Fsp3) is 0.312. The van der Waals surface area contributed by atoms with Crippen molar-refractivity contribution in [2.75, 3.05) is 12.4 Å². The van der Waals surface area contributed by atoms with E-state index in [0.29, 0.717) is 0 Å². The number of hydrogen-bond acceptors (Lipinski definition) is 7. The van der Waals surface area contributed by atoms with Gasteiger partial charge in [-0.1, -0.05) is 17.7 Å². The zero-order chi connectivity index (χ0) is 18.3. The van der Waals surface area contributed by atoms with Crippen LogP contribution in [0.1, 0.15) is 18.9 Å². The minimum Gasteiger partial charge on any atom is -0.457 e. The number of aryl methyl sites for hydroxylation is 1. The summed E-state index contributed by atoms with van der Waals surface area (Å²) in [7, 11) is -3.61. The van der Waals surface area contributed by atoms with Crippen LogP contribution in [0.5, 0.6) is 0 Å². The van der Waals surface area contributed by atoms with Crippen LogP contribution < -0.4 is 5.73 Å². The summed E-state index contributed by atoms with van der Waals surface area (Å²) >= 11 is 0. The zero-order valence-corrected chi connectivity index (χ0v) is 14.2. The molecule has 0 aliphatic heterocycles. The van der Waals surface area contributed by atoms with Crippen LogP contribution in [0.25, 0.3) is 0 Å². The highest BCUT2D eigenvalue weighted by molar-refractivity contribution is 7.91. The van der Waals surface area contributed by atoms with Gasteiger partial charge in [0.2, 0.25) is 5.78 Å². The Morgan fingerprint density at radius 1 is 1.25 bits per heavy atom. The average Bonchev–Trinajstić information content (AvgIpc) is 2.51. The first-order valence-electron chi connectivity index (χ1n) is 7.02. The number of sulfone groups is 1. The van der Waals surface area contributed by atoms with Gasteiger partial charge in [0.25, 0.3) is 0 Å². The van der Waals surface area contributed by atoms with E-state index in [1.807, 2.05) is 6.92 Å². The molecule has 7 nitrogen and oxygen atoms in total. The van der Waals surface area contributed by atoms with Gasteiger partial charge in [-0.25, -0.2) is 8.42 Å². The predicted octanol–water partition coefficient (Wildman–Crippen LogP) is 1.03. The fourth-order valence-electron chi connectivity index (χ4n) is 1.74. The molecule has 0 saturated heterocycles. The lowest BCUT2D eigenvalue weighted by atomic mass is 10.1. The number of carbonyl (C=O) groups excluding carboxylic acids is 2. The number of nitriles is 1. The maximum absolute atomic E-state index is 12.1. The first-order chi connectivity index (χ1) is 11.2. The summed E-state index contributed by atoms with van der Waals surface area (Å²) in [5.41, 5.74) is 6.03. The van der Waals surface area contributed by atoms with E-state index in [9.17, 15) is 18.0 Å². The van der Waals surface area contributed by atoms with E-state index in [4.69, 9.17) is 15.7 Å². The minimum atomic E-state index is -3.61. The van der Waals surface area contributed by atoms with Crippen LogP contribution in [0.4, 0.5) is 0 Å². The van der Waals surface area contributed by atoms with Crippen molar-refractivity contribution in [1.82, 2.24) is 0 Å². The summed E-state index contributed by atoms with van der Waals surface area (Å²) in [5.74, 6) is -2.00. The Kier molecular flexibility index (Phi) is 6.68. The third-order valence-electron chi connectivity index (χ3n) is 3.10. The number of hydrogen-bond donors (Lipinski definition) is 1. The number of nitrogens with two attached hydrogens (primary N) is 1. The van der Waals surface area contributed by atoms with Crippen molar-refractivity contribution in [3.8, 4) is 6.07 Å². The molecule has 0 fully saturated rings. The molecule has 0 heterocycles. The largest absolute Gasteiger partial charge is 0.457 e. The molecule has 0 aromatic heterocycles. The Hall–Kier alpha value is -2.66. The molecule has 0 atom stereocenters. The molecular weight excluding hydrogens is 332 g/mol. The minimum absolute atomic E-state index is 0.0282. The second kappa shape index (κ2) is 8.26. The lowest BCUT2D eigenvalue weighted by molar-refractivity contribution is -0.146. The Bertz CT molecular complexity index is 798. The van der Waals surface area contributed by atoms with Crippen molar-refractivity contribution in [1.29, 1.82) is 5.26 Å². The second-order valence-electron chi connectivity index (χ2n) is 5.14. The molecule has 0 aliphatic carbocycles. The molecule has 2 N–H and O–H groups in total. The van der Waals surface area contributed by atoms with E-state index in [0.717, 1.165) is 5.56 Å². The van der Waals surface area contributed by atoms with Crippen LogP contribution in [0.15, 0.2) is 40.4 Å². The second-order valence-corrected chi connectivity index (χ2v) is 7.24. The van der Waals surface area contributed by atoms with Crippen LogP contribution in [-0.4, -0.2) is 32.5 Å². The quantitative estimate of drug-likeness (QED) is 0.442. The van der Waals surface area contributed by atoms with Gasteiger partial charge in [0.1, 0.15) is 11.6 Å². The van der Waals surface area contributed by atoms with E-state index >= 15 is 0 Å². The van der Waals surface area contributed by atoms with Crippen LogP contribution in [-0.2, 0) is 24.2 Å². The number of rotatable bonds is 7. The van der Waals surface area contributed by atoms with E-state index in [1.54, 1.807) is 18.2 Å². The van der Waals surface area contributed by atoms with Gasteiger partial charge < -0.3 is 10.5 Å². The summed E-state index contributed by atoms with van der Waals surface area (Å²) in [6.07, 6.45) is -0.392. The number of benzene rings is 1. The van der Waals surface area contributed by atoms with Gasteiger partial charge in [-0.15, -0.1) is 0 Å². The summed E-state index contributed by atoms with van der Waals surface area (Å²) in [6, 6.07) is 7.88. The molecule has 8 heteroatoms. The van der Waals surface area contributed by atoms with Crippen molar-refractivity contribution < 1.29 is 22.7 Å². The standard InChI is InChI=1S/C16H18N2O5S/c1-11-3-5-13(6-4-11)24(21,22)8-7-16(20)23-10-15(19)14(9-17)12(2)18/h3-6H,7-8,10,18H2,1-2H3/b14-12+. The van der Waals surface area contributed by atoms with Gasteiger partial charge >= 0.3 is 5.97 Å². The molecule has 1 aromatic rings. The molecule has 0 radical (unpaired) electrons. The van der Waals surface area contributed by atoms with Gasteiger partial charge in [0.05, 0.1) is 17.1 Å². The van der Waals surface area contributed by atoms with Gasteiger partial charge in [-0.2, -0.15) is 5.26 Å². The molecule has 0 unspecified atom stereocenters. The van der Waals surface area contributed by atoms with Crippen LogP contribution in [0.2, 0.25) is 0 Å². The number of carbonyl (C=O) groups is 2. The monoisotopic (exact) mass is 350 g/mol. The summed E-state index contributed by atoms with van der Waals surface area (Å²) < 4.78 is 28.9. The highest BCUT2D eigenvalue weighted by atomic mass is 32.2. The summed E-state index contributed by atoms with van der Waals surface area (Å²) in [5, 5.41) is 8.76. The SMILES string of the molecule is C/C(N)=C(/C#N)C(=O)COC(=O)CCS(=O)(=O)c1ccc(C)cc1. The number of esters is 1. The summed E-state index contributed by atoms with van der Waals surface area (Å²) in [4.78, 5) is 23.3. The lowest BCUT2D eigenvalue weighted by Gasteiger charge is -2.06. The van der Waals surface area contributed by atoms with Crippen LogP contribution >= 0.6 is 0 Å². The van der Waals surface area contributed by atoms with E-state index in [2.05, 4.69) is 0 Å². The molecule has 0 amide bonds. The maximum atomic E-state index is 12.1. The fourth-order valence-corrected chi connectivity index (χ4v) is 2.96. The molecule has 0 saturated carbocycles. The first kappa shape index (κ1) is 19.4. The number of ketones is 1. The highest BCUT2D eigenvalue weighted by Gasteiger charge is 2.18. The highest BCUT2D eigenvalue weighted by Crippen LogP contribution is 2.13. The number of allylic oxidation sites excluding steroid dienone is 1. The topological polar surface area (TPSA) is 127 Å². The predicted molar refractivity (Wildman–Crippen MR) is 86.3 cm³/mol. The van der Waals surface area contributed by atoms with Crippen LogP contribution in [0.3, 0.4) is 0 Å². The molecule has 0 spiro atoms. The van der Waals surface area contributed by atoms with Crippen molar-refractivity contribution in [2.45, 2.75) is 25.2 Å². The smallest absolute Gasteiger partial charge is 0.307 e. The Balaban J connectivity index is 2.58. The van der Waals surface area contributed by atoms with Crippen molar-refractivity contribution in [3.63, 3.8) is 0 Å². The number of Topliss-reactive ketones (excluding diaryl/α,β-unsaturated/α-hetero) is 1. The third-order valence-corrected chi connectivity index (χ3v) is 4.84. The molecule has 0 aliphatic rings. The van der Waals surface area contributed by atoms with Gasteiger partial charge in [0, 0.05) is 5.70 Å². The van der Waals surface area contributed by atoms with Crippen molar-refractivity contribution >= 4 is 21.6 Å². The number of ether oxygens (including phenoxy) is 1. The third kappa shape index (κ3) is 5.52. The van der Waals surface area contributed by atoms with Gasteiger partial charge in [0.15, 0.2) is 16.4 Å². The zero-order valence-electron chi connectivity index (χ0n) is 13.4. The Labute approximate surface area is 140 Å². The Morgan fingerprint density at radius 2 is 1.83 bits per heavy atom. The molecule has 1 rings (SSSR count). The number of nitrogens with zero attached hydrogens (tertiary/aromatic N) is 1. The molecule has 0 bridgehead atoms. The first-order valence-corrected chi connectivity index (χ1v) is 8.67. The Morgan fingerprint density at radius 3 is 2.33 bits per heavy atom. The molecule has 24 heavy (non-hydrogen) atoms. The van der Waals surface area contributed by atoms with Crippen molar-refractivity contribution in [3.05, 3.63) is 41.1 Å². The average molecular weight is 350 g/mol. The molecule has 128 valence electrons. The molecule has 1 aromatic carbocycles. The lowest BCUT2D eigenvalue weighted by Crippen LogP contribution is -2.19. The van der Waals surface area contributed by atoms with Crippen molar-refractivity contribution in [2.24, 2.45) is 5.73 Å². The molecular formula is C16H18N2O5S. The maximum Gasteiger partial charge on any atom is 0.307 e. The van der Waals surface area contributed by atoms with Crippen LogP contribution in [0, 0.1) is 18.3 Å². The normalized spacial score (nSPS) is 12.0. The van der Waals surface area contributed by atoms with E-state index < -0.39 is 40.4 Å².